The Morgan fingerprint density at radius 1 is 1.38 bits per heavy atom. The minimum atomic E-state index is 0.744. The van der Waals surface area contributed by atoms with Crippen molar-refractivity contribution in [2.45, 2.75) is 13.8 Å². The van der Waals surface area contributed by atoms with Crippen molar-refractivity contribution in [3.8, 4) is 10.8 Å². The molecule has 0 radical (unpaired) electrons. The van der Waals surface area contributed by atoms with Crippen LogP contribution >= 0.6 is 27.3 Å². The van der Waals surface area contributed by atoms with Crippen molar-refractivity contribution in [3.05, 3.63) is 27.4 Å². The predicted octanol–water partition coefficient (Wildman–Crippen LogP) is 3.78. The van der Waals surface area contributed by atoms with E-state index in [-0.39, 0.29) is 0 Å². The van der Waals surface area contributed by atoms with Crippen molar-refractivity contribution < 1.29 is 4.42 Å². The average molecular weight is 258 g/mol. The van der Waals surface area contributed by atoms with Crippen LogP contribution in [-0.4, -0.2) is 4.98 Å². The van der Waals surface area contributed by atoms with Gasteiger partial charge in [0.15, 0.2) is 15.4 Å². The largest absolute Gasteiger partial charge is 0.447 e. The quantitative estimate of drug-likeness (QED) is 0.777. The standard InChI is InChI=1S/C9H8BrNOS/c1-5-6(2)13-9(11-5)7-3-4-8(10)12-7/h3-4H,1-2H3. The fraction of sp³-hybridized carbons (Fsp3) is 0.222. The number of aromatic nitrogens is 1. The molecule has 0 unspecified atom stereocenters. The minimum absolute atomic E-state index is 0.744. The molecule has 0 amide bonds. The molecule has 0 bridgehead atoms. The van der Waals surface area contributed by atoms with E-state index in [0.29, 0.717) is 0 Å². The molecule has 13 heavy (non-hydrogen) atoms. The molecule has 2 aromatic heterocycles. The van der Waals surface area contributed by atoms with Gasteiger partial charge in [-0.3, -0.25) is 0 Å². The second-order valence-electron chi connectivity index (χ2n) is 2.76. The Kier molecular flexibility index (Phi) is 2.26. The molecule has 0 aromatic carbocycles. The van der Waals surface area contributed by atoms with E-state index in [1.807, 2.05) is 19.1 Å². The van der Waals surface area contributed by atoms with Crippen molar-refractivity contribution in [1.82, 2.24) is 4.98 Å². The summed E-state index contributed by atoms with van der Waals surface area (Å²) in [6.07, 6.45) is 0. The van der Waals surface area contributed by atoms with E-state index in [1.54, 1.807) is 11.3 Å². The highest BCUT2D eigenvalue weighted by Crippen LogP contribution is 2.29. The molecule has 2 nitrogen and oxygen atoms in total. The van der Waals surface area contributed by atoms with Gasteiger partial charge in [0.05, 0.1) is 5.69 Å². The smallest absolute Gasteiger partial charge is 0.170 e. The highest BCUT2D eigenvalue weighted by molar-refractivity contribution is 9.10. The van der Waals surface area contributed by atoms with Gasteiger partial charge in [-0.05, 0) is 41.9 Å². The van der Waals surface area contributed by atoms with Gasteiger partial charge in [0.1, 0.15) is 0 Å². The van der Waals surface area contributed by atoms with Gasteiger partial charge < -0.3 is 4.42 Å². The zero-order valence-electron chi connectivity index (χ0n) is 7.30. The second-order valence-corrected chi connectivity index (χ2v) is 4.75. The average Bonchev–Trinajstić information content (AvgIpc) is 2.61. The summed E-state index contributed by atoms with van der Waals surface area (Å²) in [7, 11) is 0. The van der Waals surface area contributed by atoms with Gasteiger partial charge >= 0.3 is 0 Å². The lowest BCUT2D eigenvalue weighted by Gasteiger charge is -1.85. The van der Waals surface area contributed by atoms with Gasteiger partial charge in [-0.15, -0.1) is 11.3 Å². The highest BCUT2D eigenvalue weighted by atomic mass is 79.9. The monoisotopic (exact) mass is 257 g/mol. The van der Waals surface area contributed by atoms with Crippen molar-refractivity contribution in [1.29, 1.82) is 0 Å². The number of hydrogen-bond acceptors (Lipinski definition) is 3. The van der Waals surface area contributed by atoms with E-state index in [4.69, 9.17) is 4.42 Å². The molecule has 0 aliphatic carbocycles. The van der Waals surface area contributed by atoms with E-state index in [2.05, 4.69) is 27.8 Å². The van der Waals surface area contributed by atoms with E-state index < -0.39 is 0 Å². The summed E-state index contributed by atoms with van der Waals surface area (Å²) >= 11 is 4.92. The van der Waals surface area contributed by atoms with Gasteiger partial charge in [-0.25, -0.2) is 4.98 Å². The fourth-order valence-corrected chi connectivity index (χ4v) is 2.19. The molecule has 68 valence electrons. The summed E-state index contributed by atoms with van der Waals surface area (Å²) in [5, 5.41) is 0.945. The number of rotatable bonds is 1. The SMILES string of the molecule is Cc1nc(-c2ccc(Br)o2)sc1C. The van der Waals surface area contributed by atoms with Crippen LogP contribution in [0.4, 0.5) is 0 Å². The number of nitrogens with zero attached hydrogens (tertiary/aromatic N) is 1. The first-order valence-electron chi connectivity index (χ1n) is 3.86. The van der Waals surface area contributed by atoms with Crippen molar-refractivity contribution in [2.24, 2.45) is 0 Å². The molecule has 0 aliphatic heterocycles. The molecule has 0 saturated carbocycles. The van der Waals surface area contributed by atoms with Crippen LogP contribution in [0.25, 0.3) is 10.8 Å². The molecule has 2 heterocycles. The Labute approximate surface area is 88.7 Å². The summed E-state index contributed by atoms with van der Waals surface area (Å²) in [6, 6.07) is 3.79. The maximum atomic E-state index is 5.40. The van der Waals surface area contributed by atoms with Crippen molar-refractivity contribution >= 4 is 27.3 Å². The van der Waals surface area contributed by atoms with Gasteiger partial charge in [0.2, 0.25) is 0 Å². The van der Waals surface area contributed by atoms with Gasteiger partial charge in [-0.2, -0.15) is 0 Å². The predicted molar refractivity (Wildman–Crippen MR) is 57.0 cm³/mol. The molecular formula is C9H8BrNOS. The molecule has 0 atom stereocenters. The summed E-state index contributed by atoms with van der Waals surface area (Å²) in [6.45, 7) is 4.07. The Hall–Kier alpha value is -0.610. The molecule has 0 N–H and O–H groups in total. The third-order valence-corrected chi connectivity index (χ3v) is 3.33. The zero-order chi connectivity index (χ0) is 9.42. The van der Waals surface area contributed by atoms with Crippen LogP contribution in [0, 0.1) is 13.8 Å². The summed E-state index contributed by atoms with van der Waals surface area (Å²) in [4.78, 5) is 5.64. The van der Waals surface area contributed by atoms with E-state index in [0.717, 1.165) is 21.1 Å². The lowest BCUT2D eigenvalue weighted by molar-refractivity contribution is 0.555. The number of halogens is 1. The Bertz CT molecular complexity index is 413. The first-order chi connectivity index (χ1) is 6.16. The first kappa shape index (κ1) is 8.97. The lowest BCUT2D eigenvalue weighted by Crippen LogP contribution is -1.73. The second kappa shape index (κ2) is 3.27. The van der Waals surface area contributed by atoms with Crippen LogP contribution in [0.1, 0.15) is 10.6 Å². The minimum Gasteiger partial charge on any atom is -0.447 e. The molecule has 4 heteroatoms. The number of thiazole rings is 1. The van der Waals surface area contributed by atoms with Crippen molar-refractivity contribution in [2.75, 3.05) is 0 Å². The van der Waals surface area contributed by atoms with Gasteiger partial charge in [-0.1, -0.05) is 0 Å². The third-order valence-electron chi connectivity index (χ3n) is 1.81. The third kappa shape index (κ3) is 1.69. The summed E-state index contributed by atoms with van der Waals surface area (Å²) in [5.41, 5.74) is 1.08. The normalized spacial score (nSPS) is 10.7. The molecule has 2 aromatic rings. The Morgan fingerprint density at radius 2 is 2.15 bits per heavy atom. The first-order valence-corrected chi connectivity index (χ1v) is 5.47. The Morgan fingerprint density at radius 3 is 2.62 bits per heavy atom. The van der Waals surface area contributed by atoms with Gasteiger partial charge in [0.25, 0.3) is 0 Å². The van der Waals surface area contributed by atoms with Crippen LogP contribution in [0.5, 0.6) is 0 Å². The van der Waals surface area contributed by atoms with Crippen LogP contribution in [-0.2, 0) is 0 Å². The maximum Gasteiger partial charge on any atom is 0.170 e. The molecule has 2 rings (SSSR count). The van der Waals surface area contributed by atoms with Crippen LogP contribution in [0.15, 0.2) is 21.2 Å². The van der Waals surface area contributed by atoms with Gasteiger partial charge in [0, 0.05) is 4.88 Å². The molecule has 0 fully saturated rings. The zero-order valence-corrected chi connectivity index (χ0v) is 9.70. The summed E-state index contributed by atoms with van der Waals surface area (Å²) in [5.74, 6) is 0.827. The molecule has 0 saturated heterocycles. The lowest BCUT2D eigenvalue weighted by atomic mass is 10.4. The highest BCUT2D eigenvalue weighted by Gasteiger charge is 2.09. The topological polar surface area (TPSA) is 26.0 Å². The summed E-state index contributed by atoms with van der Waals surface area (Å²) < 4.78 is 6.15. The van der Waals surface area contributed by atoms with Crippen LogP contribution in [0.3, 0.4) is 0 Å². The molecular weight excluding hydrogens is 250 g/mol. The number of aryl methyl sites for hydroxylation is 2. The van der Waals surface area contributed by atoms with E-state index in [1.165, 1.54) is 4.88 Å². The number of furan rings is 1. The molecule has 0 aliphatic rings. The van der Waals surface area contributed by atoms with E-state index >= 15 is 0 Å². The van der Waals surface area contributed by atoms with Crippen molar-refractivity contribution in [3.63, 3.8) is 0 Å². The molecule has 0 spiro atoms. The van der Waals surface area contributed by atoms with Crippen LogP contribution in [0.2, 0.25) is 0 Å². The van der Waals surface area contributed by atoms with Crippen LogP contribution < -0.4 is 0 Å². The van der Waals surface area contributed by atoms with E-state index in [9.17, 15) is 0 Å². The maximum absolute atomic E-state index is 5.40. The fourth-order valence-electron chi connectivity index (χ4n) is 1.01. The number of hydrogen-bond donors (Lipinski definition) is 0. The Balaban J connectivity index is 2.46.